The highest BCUT2D eigenvalue weighted by Crippen LogP contribution is 2.22. The van der Waals surface area contributed by atoms with Crippen LogP contribution in [0.2, 0.25) is 0 Å². The number of nitrogens with one attached hydrogen (secondary N) is 1. The molecule has 1 N–H and O–H groups in total. The van der Waals surface area contributed by atoms with E-state index in [1.807, 2.05) is 30.3 Å². The van der Waals surface area contributed by atoms with E-state index in [1.165, 1.54) is 5.56 Å². The second-order valence-corrected chi connectivity index (χ2v) is 7.52. The molecule has 0 saturated carbocycles. The van der Waals surface area contributed by atoms with E-state index < -0.39 is 0 Å². The Hall–Kier alpha value is -1.82. The number of nitrogens with zero attached hydrogens (tertiary/aromatic N) is 1. The van der Waals surface area contributed by atoms with Gasteiger partial charge in [0.25, 0.3) is 0 Å². The Kier molecular flexibility index (Phi) is 7.12. The number of carbonyl (C=O) groups is 1. The summed E-state index contributed by atoms with van der Waals surface area (Å²) >= 11 is 1.59. The summed E-state index contributed by atoms with van der Waals surface area (Å²) in [7, 11) is 0. The minimum Gasteiger partial charge on any atom is -0.379 e. The molecule has 4 nitrogen and oxygen atoms in total. The van der Waals surface area contributed by atoms with Crippen LogP contribution >= 0.6 is 11.8 Å². The molecule has 1 atom stereocenters. The van der Waals surface area contributed by atoms with Gasteiger partial charge in [-0.05, 0) is 24.1 Å². The number of hydrogen-bond donors (Lipinski definition) is 1. The fourth-order valence-corrected chi connectivity index (χ4v) is 3.90. The molecule has 3 rings (SSSR count). The first-order valence-corrected chi connectivity index (χ1v) is 10.0. The Morgan fingerprint density at radius 3 is 2.54 bits per heavy atom. The lowest BCUT2D eigenvalue weighted by molar-refractivity contribution is -0.119. The fraction of sp³-hybridized carbons (Fsp3) is 0.381. The number of ether oxygens (including phenoxy) is 1. The minimum absolute atomic E-state index is 0.000676. The molecule has 1 amide bonds. The Bertz CT molecular complexity index is 702. The zero-order valence-corrected chi connectivity index (χ0v) is 16.0. The van der Waals surface area contributed by atoms with Gasteiger partial charge in [0.05, 0.1) is 25.0 Å². The van der Waals surface area contributed by atoms with Crippen LogP contribution in [-0.2, 0) is 9.53 Å². The molecule has 1 heterocycles. The maximum absolute atomic E-state index is 12.6. The van der Waals surface area contributed by atoms with Gasteiger partial charge in [0.2, 0.25) is 5.91 Å². The van der Waals surface area contributed by atoms with Gasteiger partial charge >= 0.3 is 0 Å². The van der Waals surface area contributed by atoms with Gasteiger partial charge in [0.1, 0.15) is 0 Å². The van der Waals surface area contributed by atoms with Gasteiger partial charge in [-0.25, -0.2) is 0 Å². The van der Waals surface area contributed by atoms with E-state index in [0.717, 1.165) is 43.3 Å². The smallest absolute Gasteiger partial charge is 0.230 e. The summed E-state index contributed by atoms with van der Waals surface area (Å²) < 4.78 is 5.43. The van der Waals surface area contributed by atoms with E-state index in [-0.39, 0.29) is 11.9 Å². The Labute approximate surface area is 159 Å². The Morgan fingerprint density at radius 2 is 1.81 bits per heavy atom. The molecule has 0 bridgehead atoms. The summed E-state index contributed by atoms with van der Waals surface area (Å²) in [4.78, 5) is 16.1. The van der Waals surface area contributed by atoms with Crippen molar-refractivity contribution >= 4 is 17.7 Å². The average molecular weight is 371 g/mol. The van der Waals surface area contributed by atoms with Gasteiger partial charge in [0, 0.05) is 24.5 Å². The van der Waals surface area contributed by atoms with Crippen molar-refractivity contribution in [2.45, 2.75) is 17.9 Å². The van der Waals surface area contributed by atoms with E-state index in [0.29, 0.717) is 5.75 Å². The molecular formula is C21H26N2O2S. The van der Waals surface area contributed by atoms with Crippen molar-refractivity contribution in [2.75, 3.05) is 38.6 Å². The van der Waals surface area contributed by atoms with E-state index in [2.05, 4.69) is 41.4 Å². The van der Waals surface area contributed by atoms with Crippen LogP contribution in [0.1, 0.15) is 17.2 Å². The largest absolute Gasteiger partial charge is 0.379 e. The quantitative estimate of drug-likeness (QED) is 0.760. The van der Waals surface area contributed by atoms with Crippen molar-refractivity contribution in [1.29, 1.82) is 0 Å². The third kappa shape index (κ3) is 5.59. The van der Waals surface area contributed by atoms with E-state index in [9.17, 15) is 4.79 Å². The molecule has 1 aliphatic rings. The maximum Gasteiger partial charge on any atom is 0.230 e. The fourth-order valence-electron chi connectivity index (χ4n) is 3.06. The summed E-state index contributed by atoms with van der Waals surface area (Å²) in [6.07, 6.45) is 0. The molecule has 5 heteroatoms. The lowest BCUT2D eigenvalue weighted by atomic mass is 10.1. The van der Waals surface area contributed by atoms with Crippen LogP contribution in [0, 0.1) is 6.92 Å². The van der Waals surface area contributed by atoms with Crippen LogP contribution in [0.3, 0.4) is 0 Å². The van der Waals surface area contributed by atoms with Gasteiger partial charge in [-0.15, -0.1) is 11.8 Å². The molecule has 2 aromatic rings. The first kappa shape index (κ1) is 19.0. The highest BCUT2D eigenvalue weighted by molar-refractivity contribution is 8.00. The lowest BCUT2D eigenvalue weighted by Crippen LogP contribution is -2.43. The van der Waals surface area contributed by atoms with Crippen LogP contribution in [0.5, 0.6) is 0 Å². The van der Waals surface area contributed by atoms with Crippen LogP contribution in [-0.4, -0.2) is 49.4 Å². The molecule has 138 valence electrons. The van der Waals surface area contributed by atoms with Crippen molar-refractivity contribution in [3.8, 4) is 0 Å². The van der Waals surface area contributed by atoms with E-state index in [4.69, 9.17) is 4.74 Å². The van der Waals surface area contributed by atoms with Crippen LogP contribution in [0.4, 0.5) is 0 Å². The monoisotopic (exact) mass is 370 g/mol. The number of thioether (sulfide) groups is 1. The topological polar surface area (TPSA) is 41.6 Å². The second-order valence-electron chi connectivity index (χ2n) is 6.50. The molecule has 1 aliphatic heterocycles. The third-order valence-electron chi connectivity index (χ3n) is 4.53. The molecule has 1 saturated heterocycles. The SMILES string of the molecule is Cc1ccccc1SCC(=O)N[C@@H](CN1CCOCC1)c1ccccc1. The molecule has 0 aromatic heterocycles. The average Bonchev–Trinajstić information content (AvgIpc) is 2.68. The highest BCUT2D eigenvalue weighted by Gasteiger charge is 2.20. The zero-order chi connectivity index (χ0) is 18.2. The first-order valence-electron chi connectivity index (χ1n) is 9.05. The lowest BCUT2D eigenvalue weighted by Gasteiger charge is -2.31. The highest BCUT2D eigenvalue weighted by atomic mass is 32.2. The standard InChI is InChI=1S/C21H26N2O2S/c1-17-7-5-6-10-20(17)26-16-21(24)22-19(18-8-3-2-4-9-18)15-23-11-13-25-14-12-23/h2-10,19H,11-16H2,1H3,(H,22,24)/t19-/m0/s1. The summed E-state index contributed by atoms with van der Waals surface area (Å²) in [6.45, 7) is 6.24. The van der Waals surface area contributed by atoms with Crippen molar-refractivity contribution in [3.63, 3.8) is 0 Å². The maximum atomic E-state index is 12.6. The van der Waals surface area contributed by atoms with Gasteiger partial charge in [0.15, 0.2) is 0 Å². The number of morpholine rings is 1. The van der Waals surface area contributed by atoms with E-state index >= 15 is 0 Å². The number of rotatable bonds is 7. The molecular weight excluding hydrogens is 344 g/mol. The molecule has 26 heavy (non-hydrogen) atoms. The van der Waals surface area contributed by atoms with Crippen molar-refractivity contribution in [1.82, 2.24) is 10.2 Å². The Morgan fingerprint density at radius 1 is 1.12 bits per heavy atom. The summed E-state index contributed by atoms with van der Waals surface area (Å²) in [5, 5.41) is 3.23. The molecule has 0 aliphatic carbocycles. The summed E-state index contributed by atoms with van der Waals surface area (Å²) in [6, 6.07) is 18.4. The van der Waals surface area contributed by atoms with Crippen molar-refractivity contribution < 1.29 is 9.53 Å². The molecule has 2 aromatic carbocycles. The molecule has 1 fully saturated rings. The van der Waals surface area contributed by atoms with Gasteiger partial charge in [-0.1, -0.05) is 48.5 Å². The molecule has 0 radical (unpaired) electrons. The number of carbonyl (C=O) groups excluding carboxylic acids is 1. The second kappa shape index (κ2) is 9.76. The summed E-state index contributed by atoms with van der Waals surface area (Å²) in [5.41, 5.74) is 2.35. The van der Waals surface area contributed by atoms with Gasteiger partial charge < -0.3 is 10.1 Å². The number of hydrogen-bond acceptors (Lipinski definition) is 4. The first-order chi connectivity index (χ1) is 12.7. The summed E-state index contributed by atoms with van der Waals surface area (Å²) in [5.74, 6) is 0.498. The number of amides is 1. The minimum atomic E-state index is -0.000676. The molecule has 0 unspecified atom stereocenters. The van der Waals surface area contributed by atoms with Gasteiger partial charge in [-0.2, -0.15) is 0 Å². The van der Waals surface area contributed by atoms with Crippen molar-refractivity contribution in [3.05, 3.63) is 65.7 Å². The zero-order valence-electron chi connectivity index (χ0n) is 15.2. The normalized spacial score (nSPS) is 16.2. The van der Waals surface area contributed by atoms with Crippen LogP contribution in [0.15, 0.2) is 59.5 Å². The third-order valence-corrected chi connectivity index (χ3v) is 5.71. The number of benzene rings is 2. The predicted molar refractivity (Wildman–Crippen MR) is 106 cm³/mol. The predicted octanol–water partition coefficient (Wildman–Crippen LogP) is 3.28. The molecule has 0 spiro atoms. The Balaban J connectivity index is 1.61. The van der Waals surface area contributed by atoms with Crippen molar-refractivity contribution in [2.24, 2.45) is 0 Å². The van der Waals surface area contributed by atoms with Crippen LogP contribution < -0.4 is 5.32 Å². The van der Waals surface area contributed by atoms with Crippen LogP contribution in [0.25, 0.3) is 0 Å². The van der Waals surface area contributed by atoms with E-state index in [1.54, 1.807) is 11.8 Å². The number of aryl methyl sites for hydroxylation is 1. The van der Waals surface area contributed by atoms with Gasteiger partial charge in [-0.3, -0.25) is 9.69 Å².